The van der Waals surface area contributed by atoms with Gasteiger partial charge in [-0.3, -0.25) is 0 Å². The number of aliphatic hydroxyl groups is 1. The van der Waals surface area contributed by atoms with E-state index < -0.39 is 10.0 Å². The van der Waals surface area contributed by atoms with Crippen LogP contribution in [0.2, 0.25) is 0 Å². The maximum Gasteiger partial charge on any atom is 0.242 e. The highest BCUT2D eigenvalue weighted by Crippen LogP contribution is 2.16. The molecule has 1 heterocycles. The molecule has 0 spiro atoms. The average Bonchev–Trinajstić information content (AvgIpc) is 2.73. The van der Waals surface area contributed by atoms with Crippen LogP contribution in [0.15, 0.2) is 17.2 Å². The maximum atomic E-state index is 12.2. The third kappa shape index (κ3) is 4.06. The molecule has 0 aromatic carbocycles. The summed E-state index contributed by atoms with van der Waals surface area (Å²) in [7, 11) is -3.52. The van der Waals surface area contributed by atoms with Gasteiger partial charge in [0.2, 0.25) is 10.0 Å². The number of hydrogen-bond acceptors (Lipinski definition) is 3. The summed E-state index contributed by atoms with van der Waals surface area (Å²) in [4.78, 5) is 0.220. The molecule has 2 N–H and O–H groups in total. The van der Waals surface area contributed by atoms with Crippen molar-refractivity contribution in [3.05, 3.63) is 18.0 Å². The fourth-order valence-corrected chi connectivity index (χ4v) is 3.16. The van der Waals surface area contributed by atoms with E-state index in [2.05, 4.69) is 4.72 Å². The van der Waals surface area contributed by atoms with Crippen molar-refractivity contribution in [3.63, 3.8) is 0 Å². The third-order valence-corrected chi connectivity index (χ3v) is 4.76. The molecule has 0 aliphatic rings. The highest BCUT2D eigenvalue weighted by Gasteiger charge is 2.21. The SMILES string of the molecule is CCCn1cc(S(=O)(=O)NC(C)C(C)C)cc1CO. The Morgan fingerprint density at radius 2 is 2.00 bits per heavy atom. The second-order valence-corrected chi connectivity index (χ2v) is 6.89. The van der Waals surface area contributed by atoms with Crippen molar-refractivity contribution in [3.8, 4) is 0 Å². The Hall–Kier alpha value is -0.850. The van der Waals surface area contributed by atoms with Gasteiger partial charge in [0, 0.05) is 24.5 Å². The van der Waals surface area contributed by atoms with E-state index in [1.807, 2.05) is 27.7 Å². The first kappa shape index (κ1) is 16.2. The van der Waals surface area contributed by atoms with E-state index in [4.69, 9.17) is 0 Å². The van der Waals surface area contributed by atoms with Crippen LogP contribution in [-0.4, -0.2) is 24.1 Å². The van der Waals surface area contributed by atoms with Crippen LogP contribution in [0.4, 0.5) is 0 Å². The fraction of sp³-hybridized carbons (Fsp3) is 0.692. The monoisotopic (exact) mass is 288 g/mol. The molecule has 0 aliphatic carbocycles. The molecule has 0 bridgehead atoms. The molecule has 0 fully saturated rings. The molecule has 1 aromatic heterocycles. The number of nitrogens with zero attached hydrogens (tertiary/aromatic N) is 1. The summed E-state index contributed by atoms with van der Waals surface area (Å²) in [6.45, 7) is 8.33. The lowest BCUT2D eigenvalue weighted by Gasteiger charge is -2.16. The second kappa shape index (κ2) is 6.54. The van der Waals surface area contributed by atoms with Gasteiger partial charge in [-0.25, -0.2) is 13.1 Å². The van der Waals surface area contributed by atoms with E-state index in [9.17, 15) is 13.5 Å². The van der Waals surface area contributed by atoms with Crippen molar-refractivity contribution in [2.45, 2.75) is 58.2 Å². The van der Waals surface area contributed by atoms with Crippen molar-refractivity contribution in [2.24, 2.45) is 5.92 Å². The predicted octanol–water partition coefficient (Wildman–Crippen LogP) is 1.71. The van der Waals surface area contributed by atoms with Crippen LogP contribution in [-0.2, 0) is 23.2 Å². The van der Waals surface area contributed by atoms with Crippen molar-refractivity contribution in [2.75, 3.05) is 0 Å². The minimum absolute atomic E-state index is 0.128. The largest absolute Gasteiger partial charge is 0.390 e. The maximum absolute atomic E-state index is 12.2. The quantitative estimate of drug-likeness (QED) is 0.802. The summed E-state index contributed by atoms with van der Waals surface area (Å²) in [5, 5.41) is 9.26. The Labute approximate surface area is 115 Å². The van der Waals surface area contributed by atoms with Gasteiger partial charge in [-0.05, 0) is 25.3 Å². The number of aromatic nitrogens is 1. The van der Waals surface area contributed by atoms with E-state index in [1.54, 1.807) is 10.8 Å². The molecule has 0 radical (unpaired) electrons. The highest BCUT2D eigenvalue weighted by atomic mass is 32.2. The molecular weight excluding hydrogens is 264 g/mol. The first-order chi connectivity index (χ1) is 8.81. The fourth-order valence-electron chi connectivity index (χ4n) is 1.70. The normalized spacial score (nSPS) is 14.0. The summed E-state index contributed by atoms with van der Waals surface area (Å²) >= 11 is 0. The summed E-state index contributed by atoms with van der Waals surface area (Å²) in [6, 6.07) is 1.41. The number of nitrogens with one attached hydrogen (secondary N) is 1. The standard InChI is InChI=1S/C13H24N2O3S/c1-5-6-15-8-13(7-12(15)9-16)19(17,18)14-11(4)10(2)3/h7-8,10-11,14,16H,5-6,9H2,1-4H3. The van der Waals surface area contributed by atoms with Crippen LogP contribution in [0.25, 0.3) is 0 Å². The first-order valence-corrected chi connectivity index (χ1v) is 8.12. The van der Waals surface area contributed by atoms with Gasteiger partial charge in [0.25, 0.3) is 0 Å². The van der Waals surface area contributed by atoms with Crippen LogP contribution in [0.1, 0.15) is 39.8 Å². The summed E-state index contributed by atoms with van der Waals surface area (Å²) in [6.07, 6.45) is 2.47. The molecule has 1 unspecified atom stereocenters. The van der Waals surface area contributed by atoms with E-state index in [1.165, 1.54) is 6.07 Å². The zero-order valence-corrected chi connectivity index (χ0v) is 12.9. The van der Waals surface area contributed by atoms with Gasteiger partial charge >= 0.3 is 0 Å². The highest BCUT2D eigenvalue weighted by molar-refractivity contribution is 7.89. The van der Waals surface area contributed by atoms with Crippen molar-refractivity contribution in [1.29, 1.82) is 0 Å². The Morgan fingerprint density at radius 3 is 2.47 bits per heavy atom. The zero-order valence-electron chi connectivity index (χ0n) is 12.0. The summed E-state index contributed by atoms with van der Waals surface area (Å²) < 4.78 is 28.9. The van der Waals surface area contributed by atoms with Gasteiger partial charge in [-0.15, -0.1) is 0 Å². The lowest BCUT2D eigenvalue weighted by atomic mass is 10.1. The van der Waals surface area contributed by atoms with Crippen molar-refractivity contribution < 1.29 is 13.5 Å². The predicted molar refractivity (Wildman–Crippen MR) is 75.3 cm³/mol. The van der Waals surface area contributed by atoms with Crippen molar-refractivity contribution in [1.82, 2.24) is 9.29 Å². The smallest absolute Gasteiger partial charge is 0.242 e. The third-order valence-electron chi connectivity index (χ3n) is 3.24. The van der Waals surface area contributed by atoms with Gasteiger partial charge in [-0.1, -0.05) is 20.8 Å². The van der Waals surface area contributed by atoms with Gasteiger partial charge in [0.15, 0.2) is 0 Å². The number of aryl methyl sites for hydroxylation is 1. The first-order valence-electron chi connectivity index (χ1n) is 6.64. The molecule has 0 aliphatic heterocycles. The topological polar surface area (TPSA) is 71.3 Å². The Morgan fingerprint density at radius 1 is 1.37 bits per heavy atom. The zero-order chi connectivity index (χ0) is 14.6. The molecule has 5 nitrogen and oxygen atoms in total. The number of rotatable bonds is 7. The lowest BCUT2D eigenvalue weighted by molar-refractivity contribution is 0.270. The Balaban J connectivity index is 3.01. The lowest BCUT2D eigenvalue weighted by Crippen LogP contribution is -2.35. The van der Waals surface area contributed by atoms with Crippen LogP contribution in [0.5, 0.6) is 0 Å². The second-order valence-electron chi connectivity index (χ2n) is 5.17. The van der Waals surface area contributed by atoms with E-state index >= 15 is 0 Å². The van der Waals surface area contributed by atoms with Gasteiger partial charge in [-0.2, -0.15) is 0 Å². The van der Waals surface area contributed by atoms with Gasteiger partial charge in [0.05, 0.1) is 11.5 Å². The van der Waals surface area contributed by atoms with E-state index in [-0.39, 0.29) is 23.5 Å². The van der Waals surface area contributed by atoms with Crippen LogP contribution >= 0.6 is 0 Å². The molecule has 1 rings (SSSR count). The van der Waals surface area contributed by atoms with E-state index in [0.717, 1.165) is 6.42 Å². The molecule has 0 amide bonds. The molecule has 0 saturated heterocycles. The summed E-state index contributed by atoms with van der Waals surface area (Å²) in [5.74, 6) is 0.227. The molecule has 110 valence electrons. The van der Waals surface area contributed by atoms with Crippen LogP contribution in [0.3, 0.4) is 0 Å². The molecule has 1 atom stereocenters. The van der Waals surface area contributed by atoms with Crippen LogP contribution in [0, 0.1) is 5.92 Å². The molecule has 0 saturated carbocycles. The molecular formula is C13H24N2O3S. The number of sulfonamides is 1. The number of hydrogen-bond donors (Lipinski definition) is 2. The van der Waals surface area contributed by atoms with Crippen LogP contribution < -0.4 is 4.72 Å². The molecule has 1 aromatic rings. The van der Waals surface area contributed by atoms with Gasteiger partial charge in [0.1, 0.15) is 0 Å². The summed E-state index contributed by atoms with van der Waals surface area (Å²) in [5.41, 5.74) is 0.624. The Kier molecular flexibility index (Phi) is 5.58. The molecule has 19 heavy (non-hydrogen) atoms. The Bertz CT molecular complexity index is 506. The van der Waals surface area contributed by atoms with Crippen molar-refractivity contribution >= 4 is 10.0 Å². The number of aliphatic hydroxyl groups excluding tert-OH is 1. The minimum atomic E-state index is -3.52. The molecule has 6 heteroatoms. The average molecular weight is 288 g/mol. The van der Waals surface area contributed by atoms with Gasteiger partial charge < -0.3 is 9.67 Å². The minimum Gasteiger partial charge on any atom is -0.390 e. The van der Waals surface area contributed by atoms with E-state index in [0.29, 0.717) is 12.2 Å².